The Kier molecular flexibility index (Phi) is 11.4. The van der Waals surface area contributed by atoms with Gasteiger partial charge in [-0.2, -0.15) is 0 Å². The number of rotatable bonds is 5. The normalized spacial score (nSPS) is 19.7. The van der Waals surface area contributed by atoms with Crippen molar-refractivity contribution in [1.29, 1.82) is 0 Å². The fourth-order valence-electron chi connectivity index (χ4n) is 4.83. The summed E-state index contributed by atoms with van der Waals surface area (Å²) < 4.78 is 0. The van der Waals surface area contributed by atoms with E-state index in [2.05, 4.69) is 10.3 Å². The largest absolute Gasteiger partial charge is 0.475 e. The molecule has 1 aliphatic rings. The molecular formula is C28H39BN2O5. The van der Waals surface area contributed by atoms with Gasteiger partial charge in [-0.25, -0.2) is 0 Å². The molecule has 8 heteroatoms. The lowest BCUT2D eigenvalue weighted by molar-refractivity contribution is -0.125. The highest BCUT2D eigenvalue weighted by Crippen LogP contribution is 2.21. The maximum atomic E-state index is 13.2. The van der Waals surface area contributed by atoms with Crippen LogP contribution in [0.4, 0.5) is 0 Å². The Morgan fingerprint density at radius 3 is 2.08 bits per heavy atom. The number of benzene rings is 1. The summed E-state index contributed by atoms with van der Waals surface area (Å²) in [5, 5.41) is 22.6. The molecule has 0 unspecified atom stereocenters. The molecule has 0 spiro atoms. The maximum absolute atomic E-state index is 13.2. The van der Waals surface area contributed by atoms with E-state index in [1.807, 2.05) is 30.3 Å². The molecule has 3 rings (SSSR count). The summed E-state index contributed by atoms with van der Waals surface area (Å²) in [5.41, 5.74) is 1.65. The number of hydrogen-bond acceptors (Lipinski definition) is 5. The number of aromatic nitrogens is 1. The van der Waals surface area contributed by atoms with Gasteiger partial charge in [-0.3, -0.25) is 14.4 Å². The van der Waals surface area contributed by atoms with Gasteiger partial charge < -0.3 is 20.3 Å². The molecule has 4 N–H and O–H groups in total. The molecule has 2 bridgehead atoms. The predicted octanol–water partition coefficient (Wildman–Crippen LogP) is 4.43. The highest BCUT2D eigenvalue weighted by Gasteiger charge is 2.30. The van der Waals surface area contributed by atoms with Crippen LogP contribution in [-0.4, -0.2) is 45.6 Å². The van der Waals surface area contributed by atoms with Gasteiger partial charge in [0, 0.05) is 18.8 Å². The van der Waals surface area contributed by atoms with Crippen LogP contribution in [0.25, 0.3) is 0 Å². The zero-order chi connectivity index (χ0) is 25.8. The number of Topliss-reactive ketones (excluding diaryl/α,β-unsaturated/α-hetero) is 2. The molecule has 1 aromatic carbocycles. The fourth-order valence-corrected chi connectivity index (χ4v) is 4.83. The van der Waals surface area contributed by atoms with Crippen molar-refractivity contribution >= 4 is 24.6 Å². The number of nitrogens with one attached hydrogen (secondary N) is 2. The summed E-state index contributed by atoms with van der Waals surface area (Å²) in [4.78, 5) is 41.7. The van der Waals surface area contributed by atoms with Gasteiger partial charge in [-0.15, -0.1) is 0 Å². The van der Waals surface area contributed by atoms with E-state index in [0.717, 1.165) is 50.5 Å². The summed E-state index contributed by atoms with van der Waals surface area (Å²) >= 11 is 0. The van der Waals surface area contributed by atoms with Crippen LogP contribution in [0.1, 0.15) is 104 Å². The first-order valence-electron chi connectivity index (χ1n) is 13.4. The summed E-state index contributed by atoms with van der Waals surface area (Å²) in [5.74, 6) is -2.03. The third-order valence-corrected chi connectivity index (χ3v) is 7.03. The van der Waals surface area contributed by atoms with E-state index in [-0.39, 0.29) is 30.3 Å². The van der Waals surface area contributed by atoms with Gasteiger partial charge in [0.1, 0.15) is 0 Å². The molecule has 0 fully saturated rings. The number of amides is 1. The Balaban J connectivity index is 1.70. The number of ketones is 2. The lowest BCUT2D eigenvalue weighted by Gasteiger charge is -2.22. The molecular weight excluding hydrogens is 455 g/mol. The van der Waals surface area contributed by atoms with Crippen LogP contribution in [-0.2, 0) is 11.2 Å². The molecule has 2 atom stereocenters. The standard InChI is InChI=1S/C28H39BN2O5/c32-25-16-12-7-5-3-1-2-4-6-11-15-22(20-26(33)24-18-17-23(25)30-24)28(34)31-27(29(35)36)19-21-13-9-8-10-14-21/h8-10,13-14,17-18,22,27,30,35-36H,1-7,11-12,15-16,19-20H2,(H,31,34)/t22-,27+/m1/s1. The van der Waals surface area contributed by atoms with Crippen molar-refractivity contribution in [3.63, 3.8) is 0 Å². The molecule has 0 aliphatic carbocycles. The molecule has 1 aliphatic heterocycles. The number of fused-ring (bicyclic) bond motifs is 2. The average molecular weight is 494 g/mol. The van der Waals surface area contributed by atoms with Crippen LogP contribution in [0, 0.1) is 5.92 Å². The van der Waals surface area contributed by atoms with Crippen LogP contribution in [0.2, 0.25) is 0 Å². The third kappa shape index (κ3) is 9.06. The number of carbonyl (C=O) groups is 3. The average Bonchev–Trinajstić information content (AvgIpc) is 3.36. The molecule has 0 saturated carbocycles. The Morgan fingerprint density at radius 2 is 1.44 bits per heavy atom. The maximum Gasteiger partial charge on any atom is 0.475 e. The van der Waals surface area contributed by atoms with Gasteiger partial charge in [-0.05, 0) is 37.0 Å². The monoisotopic (exact) mass is 494 g/mol. The molecule has 0 radical (unpaired) electrons. The van der Waals surface area contributed by atoms with Crippen molar-refractivity contribution in [3.05, 3.63) is 59.4 Å². The SMILES string of the molecule is O=C1CCCCCCCCCCC[C@@H](C(=O)N[C@@H](Cc2ccccc2)B(O)O)CC(=O)c2ccc1[nH]2. The summed E-state index contributed by atoms with van der Waals surface area (Å²) in [7, 11) is -1.72. The second-order valence-electron chi connectivity index (χ2n) is 9.97. The lowest BCUT2D eigenvalue weighted by atomic mass is 9.75. The quantitative estimate of drug-likeness (QED) is 0.459. The molecule has 7 nitrogen and oxygen atoms in total. The van der Waals surface area contributed by atoms with E-state index in [4.69, 9.17) is 0 Å². The van der Waals surface area contributed by atoms with E-state index in [1.165, 1.54) is 12.8 Å². The van der Waals surface area contributed by atoms with E-state index in [1.54, 1.807) is 12.1 Å². The Bertz CT molecular complexity index is 975. The number of aromatic amines is 1. The predicted molar refractivity (Wildman–Crippen MR) is 141 cm³/mol. The highest BCUT2D eigenvalue weighted by molar-refractivity contribution is 6.43. The third-order valence-electron chi connectivity index (χ3n) is 7.03. The van der Waals surface area contributed by atoms with Gasteiger partial charge in [0.2, 0.25) is 5.91 Å². The molecule has 1 aromatic heterocycles. The van der Waals surface area contributed by atoms with E-state index in [0.29, 0.717) is 24.2 Å². The van der Waals surface area contributed by atoms with Gasteiger partial charge in [0.25, 0.3) is 0 Å². The zero-order valence-electron chi connectivity index (χ0n) is 21.1. The lowest BCUT2D eigenvalue weighted by Crippen LogP contribution is -2.50. The van der Waals surface area contributed by atoms with Gasteiger partial charge in [-0.1, -0.05) is 81.7 Å². The van der Waals surface area contributed by atoms with E-state index < -0.39 is 19.0 Å². The van der Waals surface area contributed by atoms with E-state index in [9.17, 15) is 24.4 Å². The minimum atomic E-state index is -1.72. The Labute approximate surface area is 214 Å². The van der Waals surface area contributed by atoms with E-state index >= 15 is 0 Å². The van der Waals surface area contributed by atoms with Gasteiger partial charge in [0.05, 0.1) is 17.3 Å². The number of H-pyrrole nitrogens is 1. The van der Waals surface area contributed by atoms with Crippen LogP contribution in [0.3, 0.4) is 0 Å². The first kappa shape index (κ1) is 27.9. The number of carbonyl (C=O) groups excluding carboxylic acids is 3. The van der Waals surface area contributed by atoms with Gasteiger partial charge in [0.15, 0.2) is 11.6 Å². The zero-order valence-corrected chi connectivity index (χ0v) is 21.1. The van der Waals surface area contributed by atoms with Crippen LogP contribution >= 0.6 is 0 Å². The molecule has 36 heavy (non-hydrogen) atoms. The second kappa shape index (κ2) is 14.8. The summed E-state index contributed by atoms with van der Waals surface area (Å²) in [6.07, 6.45) is 10.7. The smallest absolute Gasteiger partial charge is 0.426 e. The second-order valence-corrected chi connectivity index (χ2v) is 9.97. The van der Waals surface area contributed by atoms with Crippen LogP contribution in [0.15, 0.2) is 42.5 Å². The summed E-state index contributed by atoms with van der Waals surface area (Å²) in [6, 6.07) is 12.6. The molecule has 2 heterocycles. The molecule has 0 saturated heterocycles. The van der Waals surface area contributed by atoms with Crippen LogP contribution in [0.5, 0.6) is 0 Å². The topological polar surface area (TPSA) is 119 Å². The molecule has 2 aromatic rings. The van der Waals surface area contributed by atoms with Crippen molar-refractivity contribution in [1.82, 2.24) is 10.3 Å². The van der Waals surface area contributed by atoms with Gasteiger partial charge >= 0.3 is 7.12 Å². The number of hydrogen-bond donors (Lipinski definition) is 4. The van der Waals surface area contributed by atoms with Crippen molar-refractivity contribution < 1.29 is 24.4 Å². The fraction of sp³-hybridized carbons (Fsp3) is 0.536. The summed E-state index contributed by atoms with van der Waals surface area (Å²) in [6.45, 7) is 0. The molecule has 1 amide bonds. The minimum absolute atomic E-state index is 0.000439. The minimum Gasteiger partial charge on any atom is -0.426 e. The van der Waals surface area contributed by atoms with Crippen molar-refractivity contribution in [2.24, 2.45) is 5.92 Å². The highest BCUT2D eigenvalue weighted by atomic mass is 16.4. The first-order valence-corrected chi connectivity index (χ1v) is 13.4. The van der Waals surface area contributed by atoms with Crippen LogP contribution < -0.4 is 5.32 Å². The van der Waals surface area contributed by atoms with Crippen molar-refractivity contribution in [3.8, 4) is 0 Å². The Hall–Kier alpha value is -2.71. The molecule has 194 valence electrons. The van der Waals surface area contributed by atoms with Crippen molar-refractivity contribution in [2.45, 2.75) is 89.4 Å². The Morgan fingerprint density at radius 1 is 0.861 bits per heavy atom. The first-order chi connectivity index (χ1) is 17.4. The van der Waals surface area contributed by atoms with Crippen molar-refractivity contribution in [2.75, 3.05) is 0 Å².